The Morgan fingerprint density at radius 2 is 2.38 bits per heavy atom. The Labute approximate surface area is 100 Å². The van der Waals surface area contributed by atoms with Crippen LogP contribution < -0.4 is 10.5 Å². The third-order valence-corrected chi connectivity index (χ3v) is 3.58. The Morgan fingerprint density at radius 1 is 1.69 bits per heavy atom. The first-order valence-electron chi connectivity index (χ1n) is 4.70. The molecule has 16 heavy (non-hydrogen) atoms. The summed E-state index contributed by atoms with van der Waals surface area (Å²) in [6, 6.07) is 3.29. The zero-order valence-electron chi connectivity index (χ0n) is 8.84. The van der Waals surface area contributed by atoms with Gasteiger partial charge in [0.05, 0.1) is 11.3 Å². The fourth-order valence-corrected chi connectivity index (χ4v) is 2.93. The van der Waals surface area contributed by atoms with Crippen molar-refractivity contribution in [3.63, 3.8) is 0 Å². The summed E-state index contributed by atoms with van der Waals surface area (Å²) in [4.78, 5) is -0.0438. The molecule has 0 aromatic carbocycles. The van der Waals surface area contributed by atoms with Gasteiger partial charge in [-0.2, -0.15) is 0 Å². The molecule has 90 valence electrons. The summed E-state index contributed by atoms with van der Waals surface area (Å²) in [5, 5.41) is 0. The van der Waals surface area contributed by atoms with Gasteiger partial charge in [0.1, 0.15) is 11.5 Å². The average molecular weight is 262 g/mol. The summed E-state index contributed by atoms with van der Waals surface area (Å²) < 4.78 is 30.5. The molecule has 0 bridgehead atoms. The maximum absolute atomic E-state index is 11.5. The second-order valence-electron chi connectivity index (χ2n) is 3.53. The van der Waals surface area contributed by atoms with E-state index in [-0.39, 0.29) is 16.8 Å². The Morgan fingerprint density at radius 3 is 2.88 bits per heavy atom. The van der Waals surface area contributed by atoms with E-state index in [1.807, 2.05) is 0 Å². The number of nitrogens with two attached hydrogens (primary N) is 1. The SMILES string of the molecule is CC(Cc1ccco1)NS(=O)(=O)CC(N)=S. The molecule has 0 saturated carbocycles. The summed E-state index contributed by atoms with van der Waals surface area (Å²) in [5.41, 5.74) is 5.18. The van der Waals surface area contributed by atoms with Crippen LogP contribution in [0.2, 0.25) is 0 Å². The van der Waals surface area contributed by atoms with Gasteiger partial charge < -0.3 is 10.2 Å². The van der Waals surface area contributed by atoms with Gasteiger partial charge in [-0.1, -0.05) is 12.2 Å². The molecule has 0 aliphatic heterocycles. The van der Waals surface area contributed by atoms with E-state index in [0.717, 1.165) is 5.76 Å². The molecule has 1 rings (SSSR count). The Kier molecular flexibility index (Phi) is 4.45. The lowest BCUT2D eigenvalue weighted by Crippen LogP contribution is -2.38. The zero-order chi connectivity index (χ0) is 12.2. The van der Waals surface area contributed by atoms with Gasteiger partial charge in [-0.25, -0.2) is 13.1 Å². The molecule has 3 N–H and O–H groups in total. The minimum atomic E-state index is -3.44. The number of thiocarbonyl (C=S) groups is 1. The minimum absolute atomic E-state index is 0.0438. The van der Waals surface area contributed by atoms with Gasteiger partial charge in [-0.15, -0.1) is 0 Å². The van der Waals surface area contributed by atoms with Crippen LogP contribution in [0.5, 0.6) is 0 Å². The number of nitrogens with one attached hydrogen (secondary N) is 1. The fraction of sp³-hybridized carbons (Fsp3) is 0.444. The molecule has 1 unspecified atom stereocenters. The molecule has 0 spiro atoms. The van der Waals surface area contributed by atoms with E-state index in [0.29, 0.717) is 6.42 Å². The topological polar surface area (TPSA) is 85.3 Å². The smallest absolute Gasteiger partial charge is 0.218 e. The van der Waals surface area contributed by atoms with Crippen molar-refractivity contribution in [2.24, 2.45) is 5.73 Å². The first kappa shape index (κ1) is 13.1. The molecule has 1 heterocycles. The highest BCUT2D eigenvalue weighted by Crippen LogP contribution is 2.04. The lowest BCUT2D eigenvalue weighted by atomic mass is 10.2. The van der Waals surface area contributed by atoms with Gasteiger partial charge in [0.2, 0.25) is 10.0 Å². The van der Waals surface area contributed by atoms with Crippen LogP contribution in [0.15, 0.2) is 22.8 Å². The van der Waals surface area contributed by atoms with Gasteiger partial charge in [0.25, 0.3) is 0 Å². The standard InChI is InChI=1S/C9H14N2O3S2/c1-7(5-8-3-2-4-14-8)11-16(12,13)6-9(10)15/h2-4,7,11H,5-6H2,1H3,(H2,10,15). The molecule has 0 fully saturated rings. The van der Waals surface area contributed by atoms with Crippen molar-refractivity contribution in [1.82, 2.24) is 4.72 Å². The van der Waals surface area contributed by atoms with E-state index in [2.05, 4.69) is 16.9 Å². The van der Waals surface area contributed by atoms with Crippen molar-refractivity contribution in [3.8, 4) is 0 Å². The summed E-state index contributed by atoms with van der Waals surface area (Å²) in [6.45, 7) is 1.75. The van der Waals surface area contributed by atoms with Crippen LogP contribution in [0.25, 0.3) is 0 Å². The van der Waals surface area contributed by atoms with Crippen molar-refractivity contribution in [1.29, 1.82) is 0 Å². The molecule has 5 nitrogen and oxygen atoms in total. The van der Waals surface area contributed by atoms with Crippen molar-refractivity contribution < 1.29 is 12.8 Å². The van der Waals surface area contributed by atoms with Crippen LogP contribution >= 0.6 is 12.2 Å². The van der Waals surface area contributed by atoms with Crippen LogP contribution in [-0.4, -0.2) is 25.2 Å². The van der Waals surface area contributed by atoms with Crippen LogP contribution in [-0.2, 0) is 16.4 Å². The van der Waals surface area contributed by atoms with E-state index in [9.17, 15) is 8.42 Å². The highest BCUT2D eigenvalue weighted by molar-refractivity contribution is 7.92. The van der Waals surface area contributed by atoms with E-state index in [1.54, 1.807) is 25.3 Å². The zero-order valence-corrected chi connectivity index (χ0v) is 10.5. The van der Waals surface area contributed by atoms with Crippen molar-refractivity contribution in [2.45, 2.75) is 19.4 Å². The molecule has 7 heteroatoms. The Balaban J connectivity index is 2.51. The number of hydrogen-bond acceptors (Lipinski definition) is 4. The average Bonchev–Trinajstić information content (AvgIpc) is 2.51. The van der Waals surface area contributed by atoms with Crippen molar-refractivity contribution >= 4 is 27.2 Å². The normalized spacial score (nSPS) is 13.6. The second-order valence-corrected chi connectivity index (χ2v) is 5.81. The molecule has 0 amide bonds. The van der Waals surface area contributed by atoms with Crippen LogP contribution in [0.1, 0.15) is 12.7 Å². The summed E-state index contributed by atoms with van der Waals surface area (Å²) >= 11 is 4.55. The number of furan rings is 1. The predicted octanol–water partition coefficient (Wildman–Crippen LogP) is 0.416. The summed E-state index contributed by atoms with van der Waals surface area (Å²) in [7, 11) is -3.44. The molecular formula is C9H14N2O3S2. The van der Waals surface area contributed by atoms with Crippen LogP contribution in [0, 0.1) is 0 Å². The molecule has 1 atom stereocenters. The van der Waals surface area contributed by atoms with E-state index < -0.39 is 10.0 Å². The highest BCUT2D eigenvalue weighted by atomic mass is 32.2. The van der Waals surface area contributed by atoms with E-state index in [4.69, 9.17) is 10.2 Å². The molecule has 0 aliphatic carbocycles. The monoisotopic (exact) mass is 262 g/mol. The fourth-order valence-electron chi connectivity index (χ4n) is 1.31. The number of hydrogen-bond donors (Lipinski definition) is 2. The van der Waals surface area contributed by atoms with E-state index in [1.165, 1.54) is 0 Å². The van der Waals surface area contributed by atoms with Crippen LogP contribution in [0.3, 0.4) is 0 Å². The maximum atomic E-state index is 11.5. The van der Waals surface area contributed by atoms with Crippen molar-refractivity contribution in [2.75, 3.05) is 5.75 Å². The lowest BCUT2D eigenvalue weighted by molar-refractivity contribution is 0.479. The van der Waals surface area contributed by atoms with Gasteiger partial charge in [-0.05, 0) is 19.1 Å². The maximum Gasteiger partial charge on any atom is 0.218 e. The van der Waals surface area contributed by atoms with Crippen LogP contribution in [0.4, 0.5) is 0 Å². The van der Waals surface area contributed by atoms with Gasteiger partial charge in [0, 0.05) is 12.5 Å². The van der Waals surface area contributed by atoms with E-state index >= 15 is 0 Å². The lowest BCUT2D eigenvalue weighted by Gasteiger charge is -2.12. The quantitative estimate of drug-likeness (QED) is 0.726. The molecular weight excluding hydrogens is 248 g/mol. The third kappa shape index (κ3) is 4.73. The molecule has 0 aliphatic rings. The third-order valence-electron chi connectivity index (χ3n) is 1.80. The molecule has 0 saturated heterocycles. The first-order valence-corrected chi connectivity index (χ1v) is 6.76. The van der Waals surface area contributed by atoms with Gasteiger partial charge in [0.15, 0.2) is 0 Å². The number of sulfonamides is 1. The molecule has 0 radical (unpaired) electrons. The number of rotatable bonds is 6. The summed E-state index contributed by atoms with van der Waals surface area (Å²) in [5.74, 6) is 0.399. The molecule has 1 aromatic heterocycles. The molecule has 1 aromatic rings. The Bertz CT molecular complexity index is 439. The van der Waals surface area contributed by atoms with Gasteiger partial charge >= 0.3 is 0 Å². The second kappa shape index (κ2) is 5.42. The Hall–Kier alpha value is -0.920. The van der Waals surface area contributed by atoms with Crippen molar-refractivity contribution in [3.05, 3.63) is 24.2 Å². The first-order chi connectivity index (χ1) is 7.39. The largest absolute Gasteiger partial charge is 0.469 e. The summed E-state index contributed by atoms with van der Waals surface area (Å²) in [6.07, 6.45) is 2.04. The predicted molar refractivity (Wildman–Crippen MR) is 65.6 cm³/mol. The van der Waals surface area contributed by atoms with Gasteiger partial charge in [-0.3, -0.25) is 0 Å². The minimum Gasteiger partial charge on any atom is -0.469 e. The highest BCUT2D eigenvalue weighted by Gasteiger charge is 2.16.